The molecule has 2 rings (SSSR count). The zero-order valence-corrected chi connectivity index (χ0v) is 14.6. The summed E-state index contributed by atoms with van der Waals surface area (Å²) in [6.45, 7) is 1.38. The van der Waals surface area contributed by atoms with Gasteiger partial charge in [0, 0.05) is 27.6 Å². The second-order valence-electron chi connectivity index (χ2n) is 4.96. The molecule has 6 heteroatoms. The minimum absolute atomic E-state index is 0.0357. The fourth-order valence-corrected chi connectivity index (χ4v) is 3.34. The predicted molar refractivity (Wildman–Crippen MR) is 87.7 cm³/mol. The number of aliphatic carboxylic acids is 1. The average molecular weight is 452 g/mol. The predicted octanol–water partition coefficient (Wildman–Crippen LogP) is 3.38. The normalized spacial score (nSPS) is 18.3. The zero-order valence-electron chi connectivity index (χ0n) is 10.8. The molecule has 0 radical (unpaired) electrons. The van der Waals surface area contributed by atoms with Gasteiger partial charge < -0.3 is 10.0 Å². The number of hydrogen-bond acceptors (Lipinski definition) is 2. The summed E-state index contributed by atoms with van der Waals surface area (Å²) < 4.78 is 1.83. The van der Waals surface area contributed by atoms with Crippen molar-refractivity contribution in [2.45, 2.75) is 19.3 Å². The third kappa shape index (κ3) is 3.94. The Morgan fingerprint density at radius 1 is 1.45 bits per heavy atom. The van der Waals surface area contributed by atoms with Gasteiger partial charge in [-0.3, -0.25) is 9.59 Å². The molecular formula is C14H15BrINO3. The van der Waals surface area contributed by atoms with Gasteiger partial charge in [-0.1, -0.05) is 15.9 Å². The topological polar surface area (TPSA) is 57.6 Å². The summed E-state index contributed by atoms with van der Waals surface area (Å²) in [5.74, 6) is -0.426. The first-order chi connectivity index (χ1) is 9.47. The quantitative estimate of drug-likeness (QED) is 0.714. The number of nitrogens with zero attached hydrogens (tertiary/aromatic N) is 1. The molecule has 1 aromatic rings. The van der Waals surface area contributed by atoms with Crippen LogP contribution in [0.3, 0.4) is 0 Å². The number of hydrogen-bond donors (Lipinski definition) is 1. The highest BCUT2D eigenvalue weighted by Crippen LogP contribution is 2.25. The second-order valence-corrected chi connectivity index (χ2v) is 7.04. The van der Waals surface area contributed by atoms with Crippen LogP contribution in [-0.2, 0) is 4.79 Å². The van der Waals surface area contributed by atoms with E-state index in [2.05, 4.69) is 38.5 Å². The largest absolute Gasteiger partial charge is 0.481 e. The van der Waals surface area contributed by atoms with Gasteiger partial charge in [0.1, 0.15) is 0 Å². The Morgan fingerprint density at radius 2 is 2.20 bits per heavy atom. The summed E-state index contributed by atoms with van der Waals surface area (Å²) >= 11 is 5.55. The van der Waals surface area contributed by atoms with Crippen molar-refractivity contribution in [2.75, 3.05) is 13.1 Å². The average Bonchev–Trinajstić information content (AvgIpc) is 2.87. The van der Waals surface area contributed by atoms with Crippen molar-refractivity contribution in [3.8, 4) is 0 Å². The van der Waals surface area contributed by atoms with Crippen LogP contribution in [0.5, 0.6) is 0 Å². The van der Waals surface area contributed by atoms with Crippen molar-refractivity contribution in [3.05, 3.63) is 31.8 Å². The first kappa shape index (κ1) is 15.8. The Kier molecular flexibility index (Phi) is 5.42. The highest BCUT2D eigenvalue weighted by Gasteiger charge is 2.28. The van der Waals surface area contributed by atoms with Crippen molar-refractivity contribution in [1.29, 1.82) is 0 Å². The number of amides is 1. The molecule has 0 aromatic heterocycles. The van der Waals surface area contributed by atoms with Gasteiger partial charge in [0.25, 0.3) is 5.91 Å². The van der Waals surface area contributed by atoms with Crippen LogP contribution in [0, 0.1) is 9.49 Å². The minimum Gasteiger partial charge on any atom is -0.481 e. The lowest BCUT2D eigenvalue weighted by atomic mass is 10.0. The third-order valence-corrected chi connectivity index (χ3v) is 4.93. The second kappa shape index (κ2) is 6.89. The Labute approximate surface area is 139 Å². The summed E-state index contributed by atoms with van der Waals surface area (Å²) in [7, 11) is 0. The van der Waals surface area contributed by atoms with Crippen LogP contribution in [0.1, 0.15) is 29.6 Å². The van der Waals surface area contributed by atoms with E-state index in [1.807, 2.05) is 23.1 Å². The van der Waals surface area contributed by atoms with E-state index in [0.29, 0.717) is 31.0 Å². The number of halogens is 2. The molecule has 1 aliphatic heterocycles. The SMILES string of the molecule is O=C(O)CCC1CCN(C(=O)c2cc(Br)ccc2I)C1. The molecule has 1 unspecified atom stereocenters. The van der Waals surface area contributed by atoms with E-state index in [1.165, 1.54) is 0 Å². The fourth-order valence-electron chi connectivity index (χ4n) is 2.41. The van der Waals surface area contributed by atoms with Crippen molar-refractivity contribution in [2.24, 2.45) is 5.92 Å². The van der Waals surface area contributed by atoms with E-state index in [9.17, 15) is 9.59 Å². The maximum Gasteiger partial charge on any atom is 0.303 e. The van der Waals surface area contributed by atoms with Crippen LogP contribution in [0.4, 0.5) is 0 Å². The van der Waals surface area contributed by atoms with Gasteiger partial charge in [-0.05, 0) is 59.5 Å². The van der Waals surface area contributed by atoms with Gasteiger partial charge in [0.05, 0.1) is 5.56 Å². The molecule has 1 N–H and O–H groups in total. The van der Waals surface area contributed by atoms with Crippen LogP contribution in [0.15, 0.2) is 22.7 Å². The van der Waals surface area contributed by atoms with Crippen LogP contribution < -0.4 is 0 Å². The Bertz CT molecular complexity index is 535. The highest BCUT2D eigenvalue weighted by molar-refractivity contribution is 14.1. The maximum absolute atomic E-state index is 12.5. The Balaban J connectivity index is 2.00. The molecule has 20 heavy (non-hydrogen) atoms. The molecule has 1 heterocycles. The molecule has 0 bridgehead atoms. The fraction of sp³-hybridized carbons (Fsp3) is 0.429. The number of carboxylic acids is 1. The lowest BCUT2D eigenvalue weighted by Gasteiger charge is -2.17. The van der Waals surface area contributed by atoms with Crippen LogP contribution >= 0.6 is 38.5 Å². The molecule has 108 valence electrons. The van der Waals surface area contributed by atoms with Crippen molar-refractivity contribution in [1.82, 2.24) is 4.90 Å². The molecular weight excluding hydrogens is 437 g/mol. The van der Waals surface area contributed by atoms with Crippen LogP contribution in [0.25, 0.3) is 0 Å². The first-order valence-corrected chi connectivity index (χ1v) is 8.30. The number of rotatable bonds is 4. The number of benzene rings is 1. The molecule has 1 atom stereocenters. The van der Waals surface area contributed by atoms with Gasteiger partial charge >= 0.3 is 5.97 Å². The summed E-state index contributed by atoms with van der Waals surface area (Å²) in [6.07, 6.45) is 1.72. The van der Waals surface area contributed by atoms with E-state index in [0.717, 1.165) is 14.5 Å². The van der Waals surface area contributed by atoms with Gasteiger partial charge in [0.15, 0.2) is 0 Å². The van der Waals surface area contributed by atoms with Crippen molar-refractivity contribution in [3.63, 3.8) is 0 Å². The molecule has 1 amide bonds. The van der Waals surface area contributed by atoms with Crippen LogP contribution in [-0.4, -0.2) is 35.0 Å². The zero-order chi connectivity index (χ0) is 14.7. The van der Waals surface area contributed by atoms with E-state index in [1.54, 1.807) is 0 Å². The summed E-state index contributed by atoms with van der Waals surface area (Å²) in [6, 6.07) is 5.67. The Hall–Kier alpha value is -0.630. The van der Waals surface area contributed by atoms with Crippen molar-refractivity contribution < 1.29 is 14.7 Å². The molecule has 0 saturated carbocycles. The van der Waals surface area contributed by atoms with E-state index in [-0.39, 0.29) is 12.3 Å². The summed E-state index contributed by atoms with van der Waals surface area (Å²) in [4.78, 5) is 24.9. The molecule has 1 saturated heterocycles. The van der Waals surface area contributed by atoms with Gasteiger partial charge in [0.2, 0.25) is 0 Å². The number of likely N-dealkylation sites (tertiary alicyclic amines) is 1. The van der Waals surface area contributed by atoms with Gasteiger partial charge in [-0.2, -0.15) is 0 Å². The number of carboxylic acid groups (broad SMARTS) is 1. The molecule has 4 nitrogen and oxygen atoms in total. The van der Waals surface area contributed by atoms with E-state index < -0.39 is 5.97 Å². The molecule has 1 aromatic carbocycles. The number of carbonyl (C=O) groups is 2. The van der Waals surface area contributed by atoms with E-state index >= 15 is 0 Å². The molecule has 0 aliphatic carbocycles. The maximum atomic E-state index is 12.5. The first-order valence-electron chi connectivity index (χ1n) is 6.43. The Morgan fingerprint density at radius 3 is 2.90 bits per heavy atom. The highest BCUT2D eigenvalue weighted by atomic mass is 127. The van der Waals surface area contributed by atoms with Gasteiger partial charge in [-0.25, -0.2) is 0 Å². The van der Waals surface area contributed by atoms with Crippen LogP contribution in [0.2, 0.25) is 0 Å². The third-order valence-electron chi connectivity index (χ3n) is 3.50. The lowest BCUT2D eigenvalue weighted by molar-refractivity contribution is -0.137. The van der Waals surface area contributed by atoms with Gasteiger partial charge in [-0.15, -0.1) is 0 Å². The monoisotopic (exact) mass is 451 g/mol. The standard InChI is InChI=1S/C14H15BrINO3/c15-10-2-3-12(16)11(7-10)14(20)17-6-5-9(8-17)1-4-13(18)19/h2-3,7,9H,1,4-6,8H2,(H,18,19). The molecule has 0 spiro atoms. The lowest BCUT2D eigenvalue weighted by Crippen LogP contribution is -2.29. The van der Waals surface area contributed by atoms with Crippen molar-refractivity contribution >= 4 is 50.4 Å². The minimum atomic E-state index is -0.767. The number of carbonyl (C=O) groups excluding carboxylic acids is 1. The summed E-state index contributed by atoms with van der Waals surface area (Å²) in [5, 5.41) is 8.71. The summed E-state index contributed by atoms with van der Waals surface area (Å²) in [5.41, 5.74) is 0.707. The van der Waals surface area contributed by atoms with E-state index in [4.69, 9.17) is 5.11 Å². The molecule has 1 aliphatic rings. The molecule has 1 fully saturated rings. The smallest absolute Gasteiger partial charge is 0.303 e.